The van der Waals surface area contributed by atoms with E-state index >= 15 is 0 Å². The van der Waals surface area contributed by atoms with Crippen LogP contribution in [0.2, 0.25) is 0 Å². The molecule has 23 heavy (non-hydrogen) atoms. The minimum absolute atomic E-state index is 0.163. The predicted octanol–water partition coefficient (Wildman–Crippen LogP) is 3.57. The van der Waals surface area contributed by atoms with Gasteiger partial charge >= 0.3 is 6.18 Å². The van der Waals surface area contributed by atoms with Crippen molar-refractivity contribution in [3.63, 3.8) is 0 Å². The van der Waals surface area contributed by atoms with Crippen molar-refractivity contribution in [3.8, 4) is 0 Å². The minimum Gasteiger partial charge on any atom is -0.324 e. The molecule has 0 aliphatic heterocycles. The van der Waals surface area contributed by atoms with Crippen molar-refractivity contribution in [2.45, 2.75) is 12.7 Å². The topological polar surface area (TPSA) is 41.1 Å². The van der Waals surface area contributed by atoms with Gasteiger partial charge in [0, 0.05) is 6.54 Å². The molecule has 2 N–H and O–H groups in total. The van der Waals surface area contributed by atoms with Crippen molar-refractivity contribution in [2.75, 3.05) is 11.9 Å². The zero-order valence-corrected chi connectivity index (χ0v) is 12.0. The largest absolute Gasteiger partial charge is 0.418 e. The Hall–Kier alpha value is -2.41. The van der Waals surface area contributed by atoms with Gasteiger partial charge in [-0.15, -0.1) is 0 Å². The second kappa shape index (κ2) is 7.23. The normalized spacial score (nSPS) is 11.3. The molecule has 0 aliphatic carbocycles. The Morgan fingerprint density at radius 2 is 1.65 bits per heavy atom. The first-order chi connectivity index (χ1) is 10.9. The van der Waals surface area contributed by atoms with Crippen LogP contribution in [0.5, 0.6) is 0 Å². The average molecular weight is 326 g/mol. The van der Waals surface area contributed by atoms with E-state index in [4.69, 9.17) is 0 Å². The van der Waals surface area contributed by atoms with Gasteiger partial charge in [0.25, 0.3) is 0 Å². The fraction of sp³-hybridized carbons (Fsp3) is 0.188. The molecule has 0 bridgehead atoms. The van der Waals surface area contributed by atoms with E-state index in [1.165, 1.54) is 30.3 Å². The van der Waals surface area contributed by atoms with Crippen molar-refractivity contribution in [1.82, 2.24) is 5.32 Å². The fourth-order valence-electron chi connectivity index (χ4n) is 1.96. The number of anilines is 1. The average Bonchev–Trinajstić information content (AvgIpc) is 2.49. The molecule has 0 heterocycles. The highest BCUT2D eigenvalue weighted by molar-refractivity contribution is 5.93. The van der Waals surface area contributed by atoms with Gasteiger partial charge in [-0.05, 0) is 29.8 Å². The van der Waals surface area contributed by atoms with E-state index in [0.717, 1.165) is 11.6 Å². The highest BCUT2D eigenvalue weighted by Crippen LogP contribution is 2.34. The number of alkyl halides is 3. The number of halogens is 4. The van der Waals surface area contributed by atoms with Crippen molar-refractivity contribution in [3.05, 3.63) is 65.5 Å². The molecule has 2 aromatic rings. The van der Waals surface area contributed by atoms with Crippen LogP contribution in [0.25, 0.3) is 0 Å². The summed E-state index contributed by atoms with van der Waals surface area (Å²) in [5, 5.41) is 5.01. The molecule has 0 unspecified atom stereocenters. The van der Waals surface area contributed by atoms with Gasteiger partial charge in [-0.25, -0.2) is 4.39 Å². The highest BCUT2D eigenvalue weighted by Gasteiger charge is 2.33. The molecule has 0 fully saturated rings. The Morgan fingerprint density at radius 3 is 2.30 bits per heavy atom. The number of amides is 1. The zero-order chi connectivity index (χ0) is 16.9. The van der Waals surface area contributed by atoms with E-state index in [1.54, 1.807) is 12.1 Å². The van der Waals surface area contributed by atoms with Gasteiger partial charge in [-0.2, -0.15) is 13.2 Å². The maximum Gasteiger partial charge on any atom is 0.418 e. The van der Waals surface area contributed by atoms with Gasteiger partial charge < -0.3 is 10.6 Å². The van der Waals surface area contributed by atoms with Crippen molar-refractivity contribution < 1.29 is 22.4 Å². The summed E-state index contributed by atoms with van der Waals surface area (Å²) in [6, 6.07) is 10.5. The molecule has 0 aromatic heterocycles. The van der Waals surface area contributed by atoms with Crippen LogP contribution in [-0.2, 0) is 17.5 Å². The molecule has 0 aliphatic rings. The van der Waals surface area contributed by atoms with E-state index in [-0.39, 0.29) is 18.0 Å². The van der Waals surface area contributed by atoms with Crippen LogP contribution < -0.4 is 10.6 Å². The van der Waals surface area contributed by atoms with Crippen LogP contribution in [0.4, 0.5) is 23.2 Å². The van der Waals surface area contributed by atoms with Gasteiger partial charge in [0.05, 0.1) is 17.8 Å². The third kappa shape index (κ3) is 5.07. The van der Waals surface area contributed by atoms with Crippen LogP contribution in [0, 0.1) is 5.82 Å². The fourth-order valence-corrected chi connectivity index (χ4v) is 1.96. The Bertz CT molecular complexity index is 669. The second-order valence-electron chi connectivity index (χ2n) is 4.82. The molecule has 0 atom stereocenters. The van der Waals surface area contributed by atoms with Gasteiger partial charge in [0.1, 0.15) is 5.82 Å². The van der Waals surface area contributed by atoms with Crippen LogP contribution in [-0.4, -0.2) is 12.5 Å². The summed E-state index contributed by atoms with van der Waals surface area (Å²) in [6.07, 6.45) is -4.54. The Morgan fingerprint density at radius 1 is 1.00 bits per heavy atom. The van der Waals surface area contributed by atoms with Crippen LogP contribution in [0.1, 0.15) is 11.1 Å². The third-order valence-corrected chi connectivity index (χ3v) is 3.03. The van der Waals surface area contributed by atoms with Gasteiger partial charge in [0.2, 0.25) is 5.91 Å². The molecule has 0 radical (unpaired) electrons. The first-order valence-corrected chi connectivity index (χ1v) is 6.77. The lowest BCUT2D eigenvalue weighted by Gasteiger charge is -2.13. The van der Waals surface area contributed by atoms with Gasteiger partial charge in [-0.1, -0.05) is 24.3 Å². The van der Waals surface area contributed by atoms with Gasteiger partial charge in [0.15, 0.2) is 0 Å². The van der Waals surface area contributed by atoms with E-state index in [1.807, 2.05) is 0 Å². The standard InChI is InChI=1S/C16H14F4N2O/c17-12-7-5-11(6-8-12)9-21-10-15(23)22-14-4-2-1-3-13(14)16(18,19)20/h1-8,21H,9-10H2,(H,22,23). The molecule has 1 amide bonds. The number of carbonyl (C=O) groups is 1. The number of benzene rings is 2. The van der Waals surface area contributed by atoms with E-state index in [0.29, 0.717) is 6.54 Å². The van der Waals surface area contributed by atoms with E-state index in [9.17, 15) is 22.4 Å². The summed E-state index contributed by atoms with van der Waals surface area (Å²) in [6.45, 7) is 0.137. The third-order valence-electron chi connectivity index (χ3n) is 3.03. The summed E-state index contributed by atoms with van der Waals surface area (Å²) in [5.41, 5.74) is -0.421. The first-order valence-electron chi connectivity index (χ1n) is 6.77. The summed E-state index contributed by atoms with van der Waals surface area (Å²) in [4.78, 5) is 11.7. The predicted molar refractivity (Wildman–Crippen MR) is 78.2 cm³/mol. The smallest absolute Gasteiger partial charge is 0.324 e. The second-order valence-corrected chi connectivity index (χ2v) is 4.82. The summed E-state index contributed by atoms with van der Waals surface area (Å²) < 4.78 is 51.2. The highest BCUT2D eigenvalue weighted by atomic mass is 19.4. The Kier molecular flexibility index (Phi) is 5.33. The lowest BCUT2D eigenvalue weighted by atomic mass is 10.1. The van der Waals surface area contributed by atoms with E-state index in [2.05, 4.69) is 10.6 Å². The molecule has 3 nitrogen and oxygen atoms in total. The van der Waals surface area contributed by atoms with Crippen molar-refractivity contribution in [2.24, 2.45) is 0 Å². The number of hydrogen-bond donors (Lipinski definition) is 2. The quantitative estimate of drug-likeness (QED) is 0.825. The number of rotatable bonds is 5. The molecular weight excluding hydrogens is 312 g/mol. The van der Waals surface area contributed by atoms with E-state index < -0.39 is 17.6 Å². The summed E-state index contributed by atoms with van der Waals surface area (Å²) in [5.74, 6) is -0.959. The monoisotopic (exact) mass is 326 g/mol. The van der Waals surface area contributed by atoms with Crippen LogP contribution >= 0.6 is 0 Å². The van der Waals surface area contributed by atoms with Crippen LogP contribution in [0.15, 0.2) is 48.5 Å². The number of nitrogens with one attached hydrogen (secondary N) is 2. The molecular formula is C16H14F4N2O. The minimum atomic E-state index is -4.54. The summed E-state index contributed by atoms with van der Waals surface area (Å²) in [7, 11) is 0. The molecule has 0 spiro atoms. The molecule has 2 aromatic carbocycles. The maximum atomic E-state index is 12.8. The van der Waals surface area contributed by atoms with Crippen molar-refractivity contribution in [1.29, 1.82) is 0 Å². The molecule has 122 valence electrons. The van der Waals surface area contributed by atoms with Crippen molar-refractivity contribution >= 4 is 11.6 Å². The maximum absolute atomic E-state index is 12.8. The lowest BCUT2D eigenvalue weighted by molar-refractivity contribution is -0.137. The Balaban J connectivity index is 1.89. The summed E-state index contributed by atoms with van der Waals surface area (Å²) >= 11 is 0. The van der Waals surface area contributed by atoms with Gasteiger partial charge in [-0.3, -0.25) is 4.79 Å². The Labute approximate surface area is 130 Å². The first kappa shape index (κ1) is 17.0. The zero-order valence-electron chi connectivity index (χ0n) is 12.0. The number of para-hydroxylation sites is 1. The SMILES string of the molecule is O=C(CNCc1ccc(F)cc1)Nc1ccccc1C(F)(F)F. The molecule has 0 saturated heterocycles. The van der Waals surface area contributed by atoms with Crippen LogP contribution in [0.3, 0.4) is 0 Å². The number of carbonyl (C=O) groups excluding carboxylic acids is 1. The molecule has 7 heteroatoms. The number of hydrogen-bond acceptors (Lipinski definition) is 2. The lowest BCUT2D eigenvalue weighted by Crippen LogP contribution is -2.28. The molecule has 2 rings (SSSR count). The molecule has 0 saturated carbocycles.